The van der Waals surface area contributed by atoms with Crippen molar-refractivity contribution in [2.45, 2.75) is 6.42 Å². The van der Waals surface area contributed by atoms with Gasteiger partial charge in [0.05, 0.1) is 0 Å². The van der Waals surface area contributed by atoms with Crippen molar-refractivity contribution >= 4 is 5.91 Å². The maximum absolute atomic E-state index is 10.9. The second-order valence-corrected chi connectivity index (χ2v) is 3.06. The Kier molecular flexibility index (Phi) is 2.70. The van der Waals surface area contributed by atoms with Crippen molar-refractivity contribution < 1.29 is 4.79 Å². The highest BCUT2D eigenvalue weighted by molar-refractivity contribution is 5.92. The second kappa shape index (κ2) is 3.58. The Morgan fingerprint density at radius 3 is 2.83 bits per heavy atom. The summed E-state index contributed by atoms with van der Waals surface area (Å²) in [5, 5.41) is 3.00. The Labute approximate surface area is 72.4 Å². The molecule has 0 aromatic carbocycles. The quantitative estimate of drug-likeness (QED) is 0.573. The molecule has 0 saturated carbocycles. The van der Waals surface area contributed by atoms with Gasteiger partial charge < -0.3 is 16.0 Å². The summed E-state index contributed by atoms with van der Waals surface area (Å²) < 4.78 is 0. The average Bonchev–Trinajstić information content (AvgIpc) is 2.03. The summed E-state index contributed by atoms with van der Waals surface area (Å²) in [5.74, 6) is -0.299. The largest absolute Gasteiger partial charge is 0.390 e. The van der Waals surface area contributed by atoms with Gasteiger partial charge in [0, 0.05) is 31.4 Å². The first-order valence-electron chi connectivity index (χ1n) is 4.03. The highest BCUT2D eigenvalue weighted by Gasteiger charge is 2.18. The molecule has 0 aromatic rings. The van der Waals surface area contributed by atoms with Gasteiger partial charge in [0.1, 0.15) is 0 Å². The van der Waals surface area contributed by atoms with Crippen LogP contribution in [0.1, 0.15) is 6.42 Å². The van der Waals surface area contributed by atoms with E-state index in [-0.39, 0.29) is 5.91 Å². The molecule has 0 saturated heterocycles. The molecule has 0 fully saturated rings. The van der Waals surface area contributed by atoms with Crippen LogP contribution >= 0.6 is 0 Å². The fraction of sp³-hybridized carbons (Fsp3) is 0.625. The molecule has 1 rings (SSSR count). The molecule has 1 aliphatic heterocycles. The smallest absolute Gasteiger partial charge is 0.246 e. The molecule has 0 unspecified atom stereocenters. The molecule has 1 aliphatic rings. The lowest BCUT2D eigenvalue weighted by Gasteiger charge is -2.26. The van der Waals surface area contributed by atoms with Gasteiger partial charge in [-0.15, -0.1) is 0 Å². The van der Waals surface area contributed by atoms with Crippen molar-refractivity contribution in [1.82, 2.24) is 10.2 Å². The summed E-state index contributed by atoms with van der Waals surface area (Å²) >= 11 is 0. The zero-order chi connectivity index (χ0) is 9.14. The molecule has 68 valence electrons. The fourth-order valence-corrected chi connectivity index (χ4v) is 1.40. The van der Waals surface area contributed by atoms with Gasteiger partial charge in [-0.3, -0.25) is 4.79 Å². The minimum Gasteiger partial charge on any atom is -0.390 e. The third kappa shape index (κ3) is 1.76. The minimum absolute atomic E-state index is 0.299. The summed E-state index contributed by atoms with van der Waals surface area (Å²) in [6.07, 6.45) is 0.752. The van der Waals surface area contributed by atoms with E-state index in [0.717, 1.165) is 30.8 Å². The lowest BCUT2D eigenvalue weighted by molar-refractivity contribution is -0.114. The van der Waals surface area contributed by atoms with Crippen molar-refractivity contribution in [3.8, 4) is 0 Å². The van der Waals surface area contributed by atoms with E-state index in [1.807, 2.05) is 14.1 Å². The number of hydrogen-bond acceptors (Lipinski definition) is 3. The molecule has 0 aliphatic carbocycles. The number of rotatable bonds is 2. The van der Waals surface area contributed by atoms with E-state index in [2.05, 4.69) is 10.2 Å². The van der Waals surface area contributed by atoms with Gasteiger partial charge in [0.2, 0.25) is 5.91 Å². The van der Waals surface area contributed by atoms with E-state index in [1.54, 1.807) is 0 Å². The number of nitrogens with two attached hydrogens (primary N) is 1. The topological polar surface area (TPSA) is 58.4 Å². The van der Waals surface area contributed by atoms with Crippen LogP contribution in [0.5, 0.6) is 0 Å². The van der Waals surface area contributed by atoms with Gasteiger partial charge in [0.25, 0.3) is 0 Å². The Morgan fingerprint density at radius 1 is 1.67 bits per heavy atom. The van der Waals surface area contributed by atoms with Gasteiger partial charge in [0.15, 0.2) is 0 Å². The van der Waals surface area contributed by atoms with Crippen LogP contribution in [-0.2, 0) is 4.79 Å². The first-order valence-corrected chi connectivity index (χ1v) is 4.03. The zero-order valence-corrected chi connectivity index (χ0v) is 7.55. The number of carbonyl (C=O) groups excluding carboxylic acids is 1. The minimum atomic E-state index is -0.299. The van der Waals surface area contributed by atoms with Crippen molar-refractivity contribution in [3.63, 3.8) is 0 Å². The molecular weight excluding hydrogens is 154 g/mol. The molecule has 4 nitrogen and oxygen atoms in total. The number of nitrogens with zero attached hydrogens (tertiary/aromatic N) is 1. The molecule has 0 bridgehead atoms. The van der Waals surface area contributed by atoms with Gasteiger partial charge in [-0.25, -0.2) is 0 Å². The van der Waals surface area contributed by atoms with Crippen molar-refractivity contribution in [3.05, 3.63) is 11.3 Å². The summed E-state index contributed by atoms with van der Waals surface area (Å²) in [4.78, 5) is 13.1. The first kappa shape index (κ1) is 9.06. The van der Waals surface area contributed by atoms with Crippen LogP contribution in [-0.4, -0.2) is 38.0 Å². The first-order chi connectivity index (χ1) is 5.65. The van der Waals surface area contributed by atoms with Crippen LogP contribution in [0.15, 0.2) is 11.3 Å². The second-order valence-electron chi connectivity index (χ2n) is 3.06. The molecule has 1 amide bonds. The van der Waals surface area contributed by atoms with E-state index in [0.29, 0.717) is 0 Å². The van der Waals surface area contributed by atoms with Crippen LogP contribution in [0.2, 0.25) is 0 Å². The maximum atomic E-state index is 10.9. The lowest BCUT2D eigenvalue weighted by Crippen LogP contribution is -2.36. The van der Waals surface area contributed by atoms with Crippen molar-refractivity contribution in [2.24, 2.45) is 5.73 Å². The van der Waals surface area contributed by atoms with Gasteiger partial charge in [-0.05, 0) is 13.5 Å². The number of amides is 1. The summed E-state index contributed by atoms with van der Waals surface area (Å²) in [7, 11) is 3.84. The highest BCUT2D eigenvalue weighted by Crippen LogP contribution is 2.13. The third-order valence-electron chi connectivity index (χ3n) is 2.14. The van der Waals surface area contributed by atoms with Crippen molar-refractivity contribution in [2.75, 3.05) is 27.2 Å². The van der Waals surface area contributed by atoms with Gasteiger partial charge >= 0.3 is 0 Å². The molecule has 3 N–H and O–H groups in total. The third-order valence-corrected chi connectivity index (χ3v) is 2.14. The highest BCUT2D eigenvalue weighted by atomic mass is 16.1. The molecule has 12 heavy (non-hydrogen) atoms. The number of hydrogen-bond donors (Lipinski definition) is 2. The van der Waals surface area contributed by atoms with Gasteiger partial charge in [-0.2, -0.15) is 0 Å². The molecule has 0 spiro atoms. The van der Waals surface area contributed by atoms with E-state index >= 15 is 0 Å². The molecule has 0 atom stereocenters. The van der Waals surface area contributed by atoms with E-state index < -0.39 is 0 Å². The lowest BCUT2D eigenvalue weighted by atomic mass is 10.1. The standard InChI is InChI=1S/C8H15N3O/c1-10-7-5-11(2)4-3-6(7)8(9)12/h10H,3-5H2,1-2H3,(H2,9,12). The van der Waals surface area contributed by atoms with Crippen LogP contribution in [0.25, 0.3) is 0 Å². The normalized spacial score (nSPS) is 19.5. The molecule has 0 aromatic heterocycles. The molecule has 4 heteroatoms. The maximum Gasteiger partial charge on any atom is 0.246 e. The number of nitrogens with one attached hydrogen (secondary N) is 1. The SMILES string of the molecule is CNC1=C(C(N)=O)CCN(C)C1. The Morgan fingerprint density at radius 2 is 2.33 bits per heavy atom. The predicted molar refractivity (Wildman–Crippen MR) is 47.4 cm³/mol. The fourth-order valence-electron chi connectivity index (χ4n) is 1.40. The number of carbonyl (C=O) groups is 1. The number of likely N-dealkylation sites (N-methyl/N-ethyl adjacent to an activating group) is 2. The van der Waals surface area contributed by atoms with E-state index in [9.17, 15) is 4.79 Å². The van der Waals surface area contributed by atoms with Crippen LogP contribution < -0.4 is 11.1 Å². The van der Waals surface area contributed by atoms with Gasteiger partial charge in [-0.1, -0.05) is 0 Å². The molecular formula is C8H15N3O. The Hall–Kier alpha value is -1.03. The van der Waals surface area contributed by atoms with Crippen molar-refractivity contribution in [1.29, 1.82) is 0 Å². The summed E-state index contributed by atoms with van der Waals surface area (Å²) in [6.45, 7) is 1.69. The Bertz CT molecular complexity index is 222. The Balaban J connectivity index is 2.83. The molecule has 1 heterocycles. The number of primary amides is 1. The average molecular weight is 169 g/mol. The van der Waals surface area contributed by atoms with Crippen LogP contribution in [0.3, 0.4) is 0 Å². The zero-order valence-electron chi connectivity index (χ0n) is 7.55. The van der Waals surface area contributed by atoms with Crippen LogP contribution in [0, 0.1) is 0 Å². The van der Waals surface area contributed by atoms with E-state index in [4.69, 9.17) is 5.73 Å². The van der Waals surface area contributed by atoms with Crippen LogP contribution in [0.4, 0.5) is 0 Å². The predicted octanol–water partition coefficient (Wildman–Crippen LogP) is -0.719. The summed E-state index contributed by atoms with van der Waals surface area (Å²) in [6, 6.07) is 0. The molecule has 0 radical (unpaired) electrons. The summed E-state index contributed by atoms with van der Waals surface area (Å²) in [5.41, 5.74) is 6.92. The van der Waals surface area contributed by atoms with E-state index in [1.165, 1.54) is 0 Å². The monoisotopic (exact) mass is 169 g/mol.